The molecule has 0 N–H and O–H groups in total. The summed E-state index contributed by atoms with van der Waals surface area (Å²) in [4.78, 5) is 1.68. The molecule has 0 radical (unpaired) electrons. The van der Waals surface area contributed by atoms with Gasteiger partial charge in [-0.3, -0.25) is 0 Å². The Hall–Kier alpha value is -0.700. The number of aryl methyl sites for hydroxylation is 1. The molecule has 2 aliphatic heterocycles. The van der Waals surface area contributed by atoms with Crippen LogP contribution in [0.3, 0.4) is 0 Å². The molecule has 0 saturated heterocycles. The van der Waals surface area contributed by atoms with Gasteiger partial charge in [-0.05, 0) is 23.9 Å². The largest absolute Gasteiger partial charge is 1.00 e. The Bertz CT molecular complexity index is 1270. The quantitative estimate of drug-likeness (QED) is 0.396. The average molecular weight is 616 g/mol. The van der Waals surface area contributed by atoms with Gasteiger partial charge in [0.1, 0.15) is 0 Å². The predicted octanol–water partition coefficient (Wildman–Crippen LogP) is 3.13. The smallest absolute Gasteiger partial charge is 1.00 e. The van der Waals surface area contributed by atoms with Crippen LogP contribution in [0.25, 0.3) is 22.4 Å². The molecular weight excluding hydrogens is 583 g/mol. The number of hydrogen-bond donors (Lipinski definition) is 0. The molecule has 2 unspecified atom stereocenters. The van der Waals surface area contributed by atoms with Gasteiger partial charge in [0.05, 0.1) is 8.07 Å². The molecule has 2 atom stereocenters. The van der Waals surface area contributed by atoms with Crippen molar-refractivity contribution in [1.82, 2.24) is 0 Å². The zero-order chi connectivity index (χ0) is 23.3. The summed E-state index contributed by atoms with van der Waals surface area (Å²) in [6, 6.07) is 18.3. The van der Waals surface area contributed by atoms with E-state index in [1.807, 2.05) is 11.3 Å². The fraction of sp³-hybridized carbons (Fsp3) is 0.333. The standard InChI is InChI=1S/C20H21.C10H12SSi.2ClH.Zr/c1-3-4-6-16-9-11-17(12-10-16)19-8-5-7-18-13-15(2)14-20(18)19;1-6-9-7-4-5-11-8(7)10(6)12(9,2)3;;;/h5,7-14H,3-4,6H2,1-2H3;4-5,10H,1-3H3;2*1H;/q;;;;+2/p-2. The number of thiophene rings is 1. The summed E-state index contributed by atoms with van der Waals surface area (Å²) in [6.07, 6.45) is 6.12. The predicted molar refractivity (Wildman–Crippen MR) is 144 cm³/mol. The van der Waals surface area contributed by atoms with E-state index < -0.39 is 8.07 Å². The van der Waals surface area contributed by atoms with Crippen LogP contribution in [0.1, 0.15) is 69.9 Å². The molecule has 2 aromatic carbocycles. The van der Waals surface area contributed by atoms with Crippen LogP contribution in [-0.4, -0.2) is 8.07 Å². The van der Waals surface area contributed by atoms with E-state index in [1.54, 1.807) is 45.9 Å². The molecule has 0 amide bonds. The molecule has 3 heterocycles. The number of unbranched alkanes of at least 4 members (excludes halogenated alkanes) is 1. The normalized spacial score (nSPS) is 19.9. The third-order valence-electron chi connectivity index (χ3n) is 7.78. The van der Waals surface area contributed by atoms with Gasteiger partial charge in [-0.15, -0.1) is 11.3 Å². The maximum atomic E-state index is 2.51. The molecule has 5 heteroatoms. The number of halogens is 2. The Kier molecular flexibility index (Phi) is 9.37. The van der Waals surface area contributed by atoms with Crippen LogP contribution in [-0.2, 0) is 31.1 Å². The molecule has 35 heavy (non-hydrogen) atoms. The van der Waals surface area contributed by atoms with Gasteiger partial charge in [0.15, 0.2) is 0 Å². The summed E-state index contributed by atoms with van der Waals surface area (Å²) in [5.41, 5.74) is 12.8. The van der Waals surface area contributed by atoms with E-state index in [4.69, 9.17) is 0 Å². The van der Waals surface area contributed by atoms with E-state index in [0.29, 0.717) is 3.63 Å². The molecular formula is C30H33Cl2SSiZr. The fourth-order valence-corrected chi connectivity index (χ4v) is 13.3. The van der Waals surface area contributed by atoms with Gasteiger partial charge < -0.3 is 24.8 Å². The minimum atomic E-state index is -0.972. The van der Waals surface area contributed by atoms with Crippen molar-refractivity contribution in [3.63, 3.8) is 0 Å². The Balaban J connectivity index is 0.000000208. The molecule has 0 spiro atoms. The first kappa shape index (κ1) is 28.9. The van der Waals surface area contributed by atoms with Gasteiger partial charge in [-0.1, -0.05) is 23.9 Å². The first-order valence-electron chi connectivity index (χ1n) is 12.2. The van der Waals surface area contributed by atoms with Gasteiger partial charge in [0.2, 0.25) is 0 Å². The van der Waals surface area contributed by atoms with Crippen LogP contribution in [0.15, 0.2) is 65.1 Å². The maximum Gasteiger partial charge on any atom is -1.00 e. The summed E-state index contributed by atoms with van der Waals surface area (Å²) < 4.78 is 0.649. The van der Waals surface area contributed by atoms with Crippen molar-refractivity contribution < 1.29 is 49.5 Å². The van der Waals surface area contributed by atoms with E-state index in [1.165, 1.54) is 52.7 Å². The number of rotatable bonds is 4. The van der Waals surface area contributed by atoms with Crippen molar-refractivity contribution in [2.75, 3.05) is 0 Å². The van der Waals surface area contributed by atoms with Gasteiger partial charge in [0, 0.05) is 10.4 Å². The van der Waals surface area contributed by atoms with Crippen molar-refractivity contribution in [2.24, 2.45) is 0 Å². The Morgan fingerprint density at radius 2 is 1.66 bits per heavy atom. The Morgan fingerprint density at radius 3 is 2.29 bits per heavy atom. The molecule has 0 nitrogen and oxygen atoms in total. The number of allylic oxidation sites excluding steroid dienone is 2. The van der Waals surface area contributed by atoms with Gasteiger partial charge in [-0.25, -0.2) is 0 Å². The first-order chi connectivity index (χ1) is 15.8. The zero-order valence-electron chi connectivity index (χ0n) is 21.2. The average Bonchev–Trinajstić information content (AvgIpc) is 3.50. The monoisotopic (exact) mass is 613 g/mol. The van der Waals surface area contributed by atoms with Crippen molar-refractivity contribution in [3.8, 4) is 11.1 Å². The van der Waals surface area contributed by atoms with Crippen molar-refractivity contribution in [1.29, 1.82) is 0 Å². The van der Waals surface area contributed by atoms with Crippen molar-refractivity contribution >= 4 is 30.7 Å². The molecule has 3 aromatic rings. The van der Waals surface area contributed by atoms with Crippen molar-refractivity contribution in [3.05, 3.63) is 92.2 Å². The van der Waals surface area contributed by atoms with E-state index in [2.05, 4.69) is 93.9 Å². The number of hydrogen-bond acceptors (Lipinski definition) is 1. The first-order valence-corrected chi connectivity index (χ1v) is 17.6. The topological polar surface area (TPSA) is 0 Å². The van der Waals surface area contributed by atoms with E-state index in [9.17, 15) is 0 Å². The third-order valence-corrected chi connectivity index (χ3v) is 15.0. The molecule has 4 aliphatic rings. The van der Waals surface area contributed by atoms with Crippen LogP contribution in [0.4, 0.5) is 0 Å². The van der Waals surface area contributed by atoms with E-state index in [-0.39, 0.29) is 24.8 Å². The summed E-state index contributed by atoms with van der Waals surface area (Å²) in [7, 11) is -0.972. The zero-order valence-corrected chi connectivity index (χ0v) is 27.0. The van der Waals surface area contributed by atoms with Gasteiger partial charge in [-0.2, -0.15) is 0 Å². The van der Waals surface area contributed by atoms with E-state index in [0.717, 1.165) is 5.54 Å². The second kappa shape index (κ2) is 11.4. The molecule has 7 rings (SSSR count). The minimum Gasteiger partial charge on any atom is -1.00 e. The number of benzene rings is 2. The summed E-state index contributed by atoms with van der Waals surface area (Å²) in [5, 5.41) is 4.01. The third kappa shape index (κ3) is 4.94. The number of fused-ring (bicyclic) bond motifs is 1. The second-order valence-electron chi connectivity index (χ2n) is 10.3. The molecule has 181 valence electrons. The summed E-state index contributed by atoms with van der Waals surface area (Å²) >= 11 is 3.55. The minimum absolute atomic E-state index is 0. The Morgan fingerprint density at radius 1 is 0.943 bits per heavy atom. The Labute approximate surface area is 244 Å². The van der Waals surface area contributed by atoms with Crippen LogP contribution in [0.5, 0.6) is 0 Å². The fourth-order valence-electron chi connectivity index (χ4n) is 6.13. The molecule has 2 aliphatic carbocycles. The van der Waals surface area contributed by atoms with Crippen LogP contribution in [0, 0.1) is 0 Å². The SMILES string of the molecule is CC1=C2c3ccsc3C1[Si]2(C)C.CCCCc1ccc(-c2cccc3c2C=C(C)[CH]3[Zr+2])cc1.[Cl-].[Cl-]. The maximum absolute atomic E-state index is 2.51. The summed E-state index contributed by atoms with van der Waals surface area (Å²) in [5.74, 6) is 0. The van der Waals surface area contributed by atoms with Gasteiger partial charge >= 0.3 is 143 Å². The van der Waals surface area contributed by atoms with Crippen LogP contribution < -0.4 is 24.8 Å². The molecule has 2 bridgehead atoms. The summed E-state index contributed by atoms with van der Waals surface area (Å²) in [6.45, 7) is 11.8. The second-order valence-corrected chi connectivity index (χ2v) is 17.2. The van der Waals surface area contributed by atoms with Crippen LogP contribution >= 0.6 is 11.3 Å². The van der Waals surface area contributed by atoms with Gasteiger partial charge in [0.25, 0.3) is 0 Å². The van der Waals surface area contributed by atoms with Crippen molar-refractivity contribution in [2.45, 2.75) is 62.3 Å². The molecule has 0 fully saturated rings. The van der Waals surface area contributed by atoms with Crippen LogP contribution in [0.2, 0.25) is 13.1 Å². The van der Waals surface area contributed by atoms with E-state index >= 15 is 0 Å². The molecule has 1 aromatic heterocycles. The molecule has 0 saturated carbocycles.